The molecule has 0 spiro atoms. The fourth-order valence-electron chi connectivity index (χ4n) is 3.36. The summed E-state index contributed by atoms with van der Waals surface area (Å²) in [5.41, 5.74) is 7.57. The highest BCUT2D eigenvalue weighted by Crippen LogP contribution is 2.39. The Hall–Kier alpha value is -2.45. The third-order valence-electron chi connectivity index (χ3n) is 4.78. The second-order valence-electron chi connectivity index (χ2n) is 7.20. The summed E-state index contributed by atoms with van der Waals surface area (Å²) < 4.78 is 5.57. The Labute approximate surface area is 179 Å². The van der Waals surface area contributed by atoms with Crippen LogP contribution in [-0.4, -0.2) is 23.5 Å². The number of thiophene rings is 1. The molecule has 1 heterocycles. The highest BCUT2D eigenvalue weighted by molar-refractivity contribution is 7.80. The van der Waals surface area contributed by atoms with Crippen LogP contribution >= 0.6 is 23.6 Å². The summed E-state index contributed by atoms with van der Waals surface area (Å²) in [6, 6.07) is 6.93. The molecule has 6 nitrogen and oxygen atoms in total. The molecule has 0 aliphatic heterocycles. The Morgan fingerprint density at radius 3 is 2.90 bits per heavy atom. The van der Waals surface area contributed by atoms with Gasteiger partial charge in [0.1, 0.15) is 10.8 Å². The topological polar surface area (TPSA) is 93.4 Å². The van der Waals surface area contributed by atoms with Crippen molar-refractivity contribution in [3.05, 3.63) is 45.8 Å². The fraction of sp³-hybridized carbons (Fsp3) is 0.381. The lowest BCUT2D eigenvalue weighted by Gasteiger charge is -2.18. The molecular formula is C21H25N3O3S2. The highest BCUT2D eigenvalue weighted by Gasteiger charge is 2.27. The average Bonchev–Trinajstić information content (AvgIpc) is 3.03. The smallest absolute Gasteiger partial charge is 0.257 e. The molecule has 1 aliphatic rings. The van der Waals surface area contributed by atoms with Crippen molar-refractivity contribution in [2.24, 2.45) is 11.7 Å². The zero-order chi connectivity index (χ0) is 21.0. The molecule has 2 amide bonds. The van der Waals surface area contributed by atoms with Crippen molar-refractivity contribution >= 4 is 45.5 Å². The number of thiocarbonyl (C=S) groups is 1. The van der Waals surface area contributed by atoms with E-state index in [0.29, 0.717) is 34.4 Å². The zero-order valence-electron chi connectivity index (χ0n) is 16.5. The number of fused-ring (bicyclic) bond motifs is 1. The monoisotopic (exact) mass is 431 g/mol. The number of primary amides is 1. The molecule has 8 heteroatoms. The molecule has 0 saturated heterocycles. The zero-order valence-corrected chi connectivity index (χ0v) is 18.2. The van der Waals surface area contributed by atoms with Gasteiger partial charge in [0.2, 0.25) is 0 Å². The van der Waals surface area contributed by atoms with Gasteiger partial charge in [-0.3, -0.25) is 14.9 Å². The average molecular weight is 432 g/mol. The van der Waals surface area contributed by atoms with E-state index in [1.54, 1.807) is 24.3 Å². The normalized spacial score (nSPS) is 15.3. The molecule has 0 bridgehead atoms. The number of amides is 2. The minimum absolute atomic E-state index is 0.129. The van der Waals surface area contributed by atoms with Crippen LogP contribution in [0.25, 0.3) is 0 Å². The summed E-state index contributed by atoms with van der Waals surface area (Å²) in [7, 11) is 0. The molecule has 0 fully saturated rings. The van der Waals surface area contributed by atoms with Gasteiger partial charge in [-0.25, -0.2) is 0 Å². The van der Waals surface area contributed by atoms with Crippen LogP contribution in [0.2, 0.25) is 0 Å². The lowest BCUT2D eigenvalue weighted by Crippen LogP contribution is -2.34. The van der Waals surface area contributed by atoms with Crippen LogP contribution < -0.4 is 21.1 Å². The summed E-state index contributed by atoms with van der Waals surface area (Å²) in [4.78, 5) is 25.7. The third-order valence-corrected chi connectivity index (χ3v) is 6.16. The Kier molecular flexibility index (Phi) is 6.87. The first-order valence-corrected chi connectivity index (χ1v) is 10.9. The van der Waals surface area contributed by atoms with Crippen LogP contribution in [0.15, 0.2) is 24.3 Å². The first kappa shape index (κ1) is 21.3. The molecule has 1 aromatic carbocycles. The molecule has 1 aromatic heterocycles. The lowest BCUT2D eigenvalue weighted by molar-refractivity contribution is 0.0975. The van der Waals surface area contributed by atoms with Crippen LogP contribution in [0.3, 0.4) is 0 Å². The molecule has 29 heavy (non-hydrogen) atoms. The van der Waals surface area contributed by atoms with Gasteiger partial charge in [0.05, 0.1) is 12.2 Å². The van der Waals surface area contributed by atoms with E-state index in [0.717, 1.165) is 36.1 Å². The second-order valence-corrected chi connectivity index (χ2v) is 8.72. The Morgan fingerprint density at radius 1 is 1.38 bits per heavy atom. The number of anilines is 1. The van der Waals surface area contributed by atoms with Gasteiger partial charge in [-0.05, 0) is 67.6 Å². The van der Waals surface area contributed by atoms with Crippen molar-refractivity contribution in [3.63, 3.8) is 0 Å². The van der Waals surface area contributed by atoms with Gasteiger partial charge in [0, 0.05) is 10.4 Å². The van der Waals surface area contributed by atoms with Gasteiger partial charge >= 0.3 is 0 Å². The molecule has 0 saturated carbocycles. The molecule has 3 rings (SSSR count). The summed E-state index contributed by atoms with van der Waals surface area (Å²) >= 11 is 6.79. The quantitative estimate of drug-likeness (QED) is 0.604. The van der Waals surface area contributed by atoms with Crippen molar-refractivity contribution in [2.75, 3.05) is 11.9 Å². The molecule has 2 aromatic rings. The maximum absolute atomic E-state index is 12.5. The maximum Gasteiger partial charge on any atom is 0.257 e. The highest BCUT2D eigenvalue weighted by atomic mass is 32.1. The van der Waals surface area contributed by atoms with Crippen molar-refractivity contribution < 1.29 is 14.3 Å². The van der Waals surface area contributed by atoms with Gasteiger partial charge in [0.15, 0.2) is 5.11 Å². The van der Waals surface area contributed by atoms with Crippen molar-refractivity contribution in [2.45, 2.75) is 39.5 Å². The standard InChI is InChI=1S/C21H25N3O3S2/c1-3-9-27-14-6-4-5-13(11-14)19(26)23-21(28)24-20-17(18(22)25)15-8-7-12(2)10-16(15)29-20/h4-6,11-12H,3,7-10H2,1-2H3,(H2,22,25)(H2,23,24,26,28)/t12-/m0/s1. The SMILES string of the molecule is CCCOc1cccc(C(=O)NC(=S)Nc2sc3c(c2C(N)=O)CC[C@H](C)C3)c1. The van der Waals surface area contributed by atoms with Crippen molar-refractivity contribution in [1.29, 1.82) is 0 Å². The van der Waals surface area contributed by atoms with Gasteiger partial charge < -0.3 is 15.8 Å². The van der Waals surface area contributed by atoms with Crippen LogP contribution in [0, 0.1) is 5.92 Å². The summed E-state index contributed by atoms with van der Waals surface area (Å²) in [5.74, 6) is 0.382. The predicted molar refractivity (Wildman–Crippen MR) is 120 cm³/mol. The Balaban J connectivity index is 1.71. The van der Waals surface area contributed by atoms with Gasteiger partial charge in [-0.15, -0.1) is 11.3 Å². The number of benzene rings is 1. The summed E-state index contributed by atoms with van der Waals surface area (Å²) in [6.45, 7) is 4.80. The second kappa shape index (κ2) is 9.37. The molecule has 0 unspecified atom stereocenters. The van der Waals surface area contributed by atoms with Crippen molar-refractivity contribution in [3.8, 4) is 5.75 Å². The van der Waals surface area contributed by atoms with E-state index in [-0.39, 0.29) is 11.0 Å². The van der Waals surface area contributed by atoms with E-state index in [1.807, 2.05) is 6.92 Å². The van der Waals surface area contributed by atoms with Crippen LogP contribution in [0.4, 0.5) is 5.00 Å². The van der Waals surface area contributed by atoms with Crippen molar-refractivity contribution in [1.82, 2.24) is 5.32 Å². The number of carbonyl (C=O) groups is 2. The number of nitrogens with one attached hydrogen (secondary N) is 2. The largest absolute Gasteiger partial charge is 0.494 e. The predicted octanol–water partition coefficient (Wildman–Crippen LogP) is 3.89. The molecular weight excluding hydrogens is 406 g/mol. The number of hydrogen-bond acceptors (Lipinski definition) is 5. The number of rotatable bonds is 6. The Morgan fingerprint density at radius 2 is 2.17 bits per heavy atom. The minimum atomic E-state index is -0.477. The molecule has 4 N–H and O–H groups in total. The van der Waals surface area contributed by atoms with Crippen LogP contribution in [0.1, 0.15) is 57.8 Å². The van der Waals surface area contributed by atoms with Gasteiger partial charge in [-0.1, -0.05) is 19.9 Å². The molecule has 154 valence electrons. The van der Waals surface area contributed by atoms with Gasteiger partial charge in [-0.2, -0.15) is 0 Å². The van der Waals surface area contributed by atoms with E-state index in [1.165, 1.54) is 11.3 Å². The van der Waals surface area contributed by atoms with Gasteiger partial charge in [0.25, 0.3) is 11.8 Å². The van der Waals surface area contributed by atoms with E-state index in [2.05, 4.69) is 17.6 Å². The fourth-order valence-corrected chi connectivity index (χ4v) is 5.04. The molecule has 0 radical (unpaired) electrons. The van der Waals surface area contributed by atoms with E-state index < -0.39 is 5.91 Å². The first-order chi connectivity index (χ1) is 13.9. The maximum atomic E-state index is 12.5. The number of hydrogen-bond donors (Lipinski definition) is 3. The van der Waals surface area contributed by atoms with Crippen LogP contribution in [-0.2, 0) is 12.8 Å². The summed E-state index contributed by atoms with van der Waals surface area (Å²) in [6.07, 6.45) is 3.67. The third kappa shape index (κ3) is 5.13. The number of carbonyl (C=O) groups excluding carboxylic acids is 2. The summed E-state index contributed by atoms with van der Waals surface area (Å²) in [5, 5.41) is 6.39. The minimum Gasteiger partial charge on any atom is -0.494 e. The van der Waals surface area contributed by atoms with E-state index in [9.17, 15) is 9.59 Å². The number of ether oxygens (including phenoxy) is 1. The number of nitrogens with two attached hydrogens (primary N) is 1. The Bertz CT molecular complexity index is 939. The first-order valence-electron chi connectivity index (χ1n) is 9.68. The molecule has 1 atom stereocenters. The van der Waals surface area contributed by atoms with E-state index in [4.69, 9.17) is 22.7 Å². The van der Waals surface area contributed by atoms with Crippen LogP contribution in [0.5, 0.6) is 5.75 Å². The molecule has 1 aliphatic carbocycles. The van der Waals surface area contributed by atoms with E-state index >= 15 is 0 Å². The lowest BCUT2D eigenvalue weighted by atomic mass is 9.88.